The SMILES string of the molecule is CN(C)C(=O)[C@H]1CO[C@H]2CCN(CCc3ccccc3)C[C@H]2C1. The molecule has 0 aromatic heterocycles. The fourth-order valence-electron chi connectivity index (χ4n) is 3.88. The number of piperidine rings is 1. The molecule has 0 N–H and O–H groups in total. The molecule has 0 unspecified atom stereocenters. The zero-order valence-corrected chi connectivity index (χ0v) is 14.3. The quantitative estimate of drug-likeness (QED) is 0.852. The molecule has 3 rings (SSSR count). The highest BCUT2D eigenvalue weighted by molar-refractivity contribution is 5.78. The molecule has 1 amide bonds. The molecule has 2 aliphatic heterocycles. The van der Waals surface area contributed by atoms with Gasteiger partial charge >= 0.3 is 0 Å². The van der Waals surface area contributed by atoms with Crippen molar-refractivity contribution in [2.45, 2.75) is 25.4 Å². The molecule has 1 aromatic carbocycles. The van der Waals surface area contributed by atoms with Crippen LogP contribution in [0.4, 0.5) is 0 Å². The monoisotopic (exact) mass is 316 g/mol. The minimum Gasteiger partial charge on any atom is -0.377 e. The lowest BCUT2D eigenvalue weighted by Crippen LogP contribution is -2.50. The van der Waals surface area contributed by atoms with Gasteiger partial charge in [-0.05, 0) is 30.7 Å². The highest BCUT2D eigenvalue weighted by Gasteiger charge is 2.38. The van der Waals surface area contributed by atoms with Gasteiger partial charge in [0, 0.05) is 33.7 Å². The lowest BCUT2D eigenvalue weighted by molar-refractivity contribution is -0.146. The topological polar surface area (TPSA) is 32.8 Å². The molecule has 2 heterocycles. The number of likely N-dealkylation sites (tertiary alicyclic amines) is 1. The molecule has 2 fully saturated rings. The van der Waals surface area contributed by atoms with Gasteiger partial charge in [-0.1, -0.05) is 30.3 Å². The Morgan fingerprint density at radius 1 is 1.30 bits per heavy atom. The van der Waals surface area contributed by atoms with E-state index in [1.165, 1.54) is 5.56 Å². The first-order chi connectivity index (χ1) is 11.1. The summed E-state index contributed by atoms with van der Waals surface area (Å²) in [6, 6.07) is 10.7. The van der Waals surface area contributed by atoms with Crippen LogP contribution >= 0.6 is 0 Å². The second-order valence-electron chi connectivity index (χ2n) is 7.12. The van der Waals surface area contributed by atoms with Gasteiger partial charge in [0.25, 0.3) is 0 Å². The van der Waals surface area contributed by atoms with E-state index in [0.717, 1.165) is 38.9 Å². The van der Waals surface area contributed by atoms with Crippen LogP contribution < -0.4 is 0 Å². The predicted molar refractivity (Wildman–Crippen MR) is 91.2 cm³/mol. The van der Waals surface area contributed by atoms with Gasteiger partial charge in [-0.2, -0.15) is 0 Å². The summed E-state index contributed by atoms with van der Waals surface area (Å²) in [6.45, 7) is 3.87. The Hall–Kier alpha value is -1.39. The largest absolute Gasteiger partial charge is 0.377 e. The van der Waals surface area contributed by atoms with Crippen LogP contribution in [0.2, 0.25) is 0 Å². The van der Waals surface area contributed by atoms with E-state index >= 15 is 0 Å². The fourth-order valence-corrected chi connectivity index (χ4v) is 3.88. The minimum absolute atomic E-state index is 0.0420. The molecule has 2 aliphatic rings. The van der Waals surface area contributed by atoms with Crippen molar-refractivity contribution in [2.24, 2.45) is 11.8 Å². The lowest BCUT2D eigenvalue weighted by Gasteiger charge is -2.43. The molecule has 1 aromatic rings. The number of nitrogens with zero attached hydrogens (tertiary/aromatic N) is 2. The van der Waals surface area contributed by atoms with Crippen LogP contribution in [0, 0.1) is 11.8 Å². The van der Waals surface area contributed by atoms with Gasteiger partial charge in [0.1, 0.15) is 0 Å². The fraction of sp³-hybridized carbons (Fsp3) is 0.632. The number of carbonyl (C=O) groups excluding carboxylic acids is 1. The van der Waals surface area contributed by atoms with E-state index in [4.69, 9.17) is 4.74 Å². The van der Waals surface area contributed by atoms with Crippen molar-refractivity contribution in [3.63, 3.8) is 0 Å². The normalized spacial score (nSPS) is 28.2. The third-order valence-corrected chi connectivity index (χ3v) is 5.20. The van der Waals surface area contributed by atoms with Crippen molar-refractivity contribution in [3.8, 4) is 0 Å². The van der Waals surface area contributed by atoms with E-state index < -0.39 is 0 Å². The maximum absolute atomic E-state index is 12.2. The van der Waals surface area contributed by atoms with Gasteiger partial charge in [-0.3, -0.25) is 4.79 Å². The predicted octanol–water partition coefficient (Wildman–Crippen LogP) is 2.04. The number of benzene rings is 1. The van der Waals surface area contributed by atoms with E-state index in [-0.39, 0.29) is 11.8 Å². The second-order valence-corrected chi connectivity index (χ2v) is 7.12. The van der Waals surface area contributed by atoms with Crippen LogP contribution in [0.1, 0.15) is 18.4 Å². The summed E-state index contributed by atoms with van der Waals surface area (Å²) >= 11 is 0. The van der Waals surface area contributed by atoms with Crippen molar-refractivity contribution in [3.05, 3.63) is 35.9 Å². The minimum atomic E-state index is 0.0420. The molecule has 126 valence electrons. The van der Waals surface area contributed by atoms with Crippen molar-refractivity contribution in [1.82, 2.24) is 9.80 Å². The summed E-state index contributed by atoms with van der Waals surface area (Å²) in [4.78, 5) is 16.4. The first-order valence-electron chi connectivity index (χ1n) is 8.72. The standard InChI is InChI=1S/C19H28N2O2/c1-20(2)19(22)17-12-16-13-21(11-9-18(16)23-14-17)10-8-15-6-4-3-5-7-15/h3-7,16-18H,8-14H2,1-2H3/t16-,17-,18+/m1/s1. The van der Waals surface area contributed by atoms with Crippen molar-refractivity contribution >= 4 is 5.91 Å². The zero-order chi connectivity index (χ0) is 16.2. The van der Waals surface area contributed by atoms with E-state index in [9.17, 15) is 4.79 Å². The number of amides is 1. The Balaban J connectivity index is 1.52. The lowest BCUT2D eigenvalue weighted by atomic mass is 9.83. The molecule has 0 radical (unpaired) electrons. The Kier molecular flexibility index (Phi) is 5.34. The van der Waals surface area contributed by atoms with Gasteiger partial charge < -0.3 is 14.5 Å². The Morgan fingerprint density at radius 2 is 2.09 bits per heavy atom. The van der Waals surface area contributed by atoms with Gasteiger partial charge in [-0.15, -0.1) is 0 Å². The Morgan fingerprint density at radius 3 is 2.83 bits per heavy atom. The Labute approximate surface area is 139 Å². The summed E-state index contributed by atoms with van der Waals surface area (Å²) in [5.41, 5.74) is 1.40. The van der Waals surface area contributed by atoms with Crippen LogP contribution in [0.25, 0.3) is 0 Å². The second kappa shape index (κ2) is 7.45. The van der Waals surface area contributed by atoms with Crippen LogP contribution in [-0.2, 0) is 16.0 Å². The first-order valence-corrected chi connectivity index (χ1v) is 8.72. The summed E-state index contributed by atoms with van der Waals surface area (Å²) in [6.07, 6.45) is 3.53. The summed E-state index contributed by atoms with van der Waals surface area (Å²) in [7, 11) is 3.67. The van der Waals surface area contributed by atoms with Crippen molar-refractivity contribution in [2.75, 3.05) is 40.3 Å². The zero-order valence-electron chi connectivity index (χ0n) is 14.3. The van der Waals surface area contributed by atoms with E-state index in [1.54, 1.807) is 4.90 Å². The van der Waals surface area contributed by atoms with Gasteiger partial charge in [0.2, 0.25) is 5.91 Å². The molecule has 3 atom stereocenters. The van der Waals surface area contributed by atoms with Crippen LogP contribution in [-0.4, -0.2) is 62.1 Å². The van der Waals surface area contributed by atoms with Gasteiger partial charge in [-0.25, -0.2) is 0 Å². The first kappa shape index (κ1) is 16.5. The smallest absolute Gasteiger partial charge is 0.227 e. The van der Waals surface area contributed by atoms with Crippen molar-refractivity contribution in [1.29, 1.82) is 0 Å². The summed E-state index contributed by atoms with van der Waals surface area (Å²) < 4.78 is 6.00. The van der Waals surface area contributed by atoms with E-state index in [0.29, 0.717) is 18.6 Å². The molecule has 4 nitrogen and oxygen atoms in total. The van der Waals surface area contributed by atoms with Crippen LogP contribution in [0.3, 0.4) is 0 Å². The highest BCUT2D eigenvalue weighted by Crippen LogP contribution is 2.32. The molecule has 0 bridgehead atoms. The van der Waals surface area contributed by atoms with E-state index in [2.05, 4.69) is 35.2 Å². The molecular formula is C19H28N2O2. The number of hydrogen-bond acceptors (Lipinski definition) is 3. The van der Waals surface area contributed by atoms with Gasteiger partial charge in [0.05, 0.1) is 18.6 Å². The molecule has 4 heteroatoms. The summed E-state index contributed by atoms with van der Waals surface area (Å²) in [5.74, 6) is 0.757. The molecule has 23 heavy (non-hydrogen) atoms. The molecule has 0 aliphatic carbocycles. The maximum atomic E-state index is 12.2. The molecular weight excluding hydrogens is 288 g/mol. The van der Waals surface area contributed by atoms with Crippen molar-refractivity contribution < 1.29 is 9.53 Å². The number of carbonyl (C=O) groups is 1. The van der Waals surface area contributed by atoms with E-state index in [1.807, 2.05) is 14.1 Å². The number of fused-ring (bicyclic) bond motifs is 1. The summed E-state index contributed by atoms with van der Waals surface area (Å²) in [5, 5.41) is 0. The maximum Gasteiger partial charge on any atom is 0.227 e. The van der Waals surface area contributed by atoms with Crippen LogP contribution in [0.5, 0.6) is 0 Å². The third kappa shape index (κ3) is 4.12. The average Bonchev–Trinajstić information content (AvgIpc) is 2.59. The third-order valence-electron chi connectivity index (χ3n) is 5.20. The molecule has 0 saturated carbocycles. The average molecular weight is 316 g/mol. The molecule has 0 spiro atoms. The highest BCUT2D eigenvalue weighted by atomic mass is 16.5. The number of rotatable bonds is 4. The molecule has 2 saturated heterocycles. The van der Waals surface area contributed by atoms with Gasteiger partial charge in [0.15, 0.2) is 0 Å². The number of hydrogen-bond donors (Lipinski definition) is 0. The Bertz CT molecular complexity index is 517. The number of ether oxygens (including phenoxy) is 1. The van der Waals surface area contributed by atoms with Crippen LogP contribution in [0.15, 0.2) is 30.3 Å².